The van der Waals surface area contributed by atoms with Crippen LogP contribution in [0.25, 0.3) is 21.8 Å². The quantitative estimate of drug-likeness (QED) is 0.314. The Hall–Kier alpha value is -2.97. The van der Waals surface area contributed by atoms with Crippen LogP contribution in [0.3, 0.4) is 0 Å². The Balaban J connectivity index is 1.68. The van der Waals surface area contributed by atoms with E-state index in [9.17, 15) is 9.59 Å². The van der Waals surface area contributed by atoms with Crippen molar-refractivity contribution in [1.29, 1.82) is 0 Å². The predicted octanol–water partition coefficient (Wildman–Crippen LogP) is 4.04. The van der Waals surface area contributed by atoms with Crippen LogP contribution in [0.5, 0.6) is 0 Å². The highest BCUT2D eigenvalue weighted by atomic mass is 32.2. The summed E-state index contributed by atoms with van der Waals surface area (Å²) in [6.07, 6.45) is 0. The molecular formula is C25H29N5O2S. The number of aromatic amines is 1. The Bertz CT molecular complexity index is 1390. The number of aromatic nitrogens is 4. The lowest BCUT2D eigenvalue weighted by molar-refractivity contribution is 0.166. The van der Waals surface area contributed by atoms with Gasteiger partial charge < -0.3 is 4.98 Å². The Morgan fingerprint density at radius 3 is 2.18 bits per heavy atom. The fourth-order valence-electron chi connectivity index (χ4n) is 4.12. The van der Waals surface area contributed by atoms with E-state index < -0.39 is 0 Å². The van der Waals surface area contributed by atoms with Gasteiger partial charge in [-0.05, 0) is 52.0 Å². The summed E-state index contributed by atoms with van der Waals surface area (Å²) < 4.78 is 1.75. The van der Waals surface area contributed by atoms with Crippen molar-refractivity contribution in [1.82, 2.24) is 24.4 Å². The molecule has 8 heteroatoms. The Morgan fingerprint density at radius 1 is 0.909 bits per heavy atom. The van der Waals surface area contributed by atoms with E-state index in [4.69, 9.17) is 4.98 Å². The third kappa shape index (κ3) is 5.02. The second-order valence-electron chi connectivity index (χ2n) is 8.61. The standard InChI is InChI=1S/C25H29N5O2S/c1-16(2)29(17(3)4)13-14-30-24(32)19-10-6-8-12-21(19)27-25(30)33-15-22-26-20-11-7-5-9-18(20)23(31)28-22/h5-12,16-17H,13-15H2,1-4H3,(H,26,28,31). The van der Waals surface area contributed by atoms with Gasteiger partial charge in [0.05, 0.1) is 27.6 Å². The number of nitrogens with one attached hydrogen (secondary N) is 1. The minimum Gasteiger partial charge on any atom is -0.309 e. The lowest BCUT2D eigenvalue weighted by Crippen LogP contribution is -2.40. The molecule has 0 fully saturated rings. The zero-order chi connectivity index (χ0) is 23.5. The Morgan fingerprint density at radius 2 is 1.52 bits per heavy atom. The molecule has 33 heavy (non-hydrogen) atoms. The molecule has 2 heterocycles. The second-order valence-corrected chi connectivity index (χ2v) is 9.55. The smallest absolute Gasteiger partial charge is 0.262 e. The van der Waals surface area contributed by atoms with E-state index in [1.54, 1.807) is 10.6 Å². The summed E-state index contributed by atoms with van der Waals surface area (Å²) in [6, 6.07) is 15.4. The number of H-pyrrole nitrogens is 1. The molecule has 172 valence electrons. The molecule has 0 aliphatic heterocycles. The number of fused-ring (bicyclic) bond motifs is 2. The highest BCUT2D eigenvalue weighted by Crippen LogP contribution is 2.21. The number of hydrogen-bond donors (Lipinski definition) is 1. The first-order valence-corrected chi connectivity index (χ1v) is 12.2. The molecule has 0 spiro atoms. The Kier molecular flexibility index (Phi) is 6.95. The van der Waals surface area contributed by atoms with Crippen molar-refractivity contribution in [2.24, 2.45) is 0 Å². The number of nitrogens with zero attached hydrogens (tertiary/aromatic N) is 4. The number of benzene rings is 2. The fourth-order valence-corrected chi connectivity index (χ4v) is 5.01. The van der Waals surface area contributed by atoms with Crippen LogP contribution in [-0.4, -0.2) is 43.0 Å². The van der Waals surface area contributed by atoms with E-state index in [0.717, 1.165) is 6.54 Å². The van der Waals surface area contributed by atoms with Crippen LogP contribution in [0.4, 0.5) is 0 Å². The van der Waals surface area contributed by atoms with Crippen molar-refractivity contribution in [3.63, 3.8) is 0 Å². The molecule has 0 aliphatic rings. The van der Waals surface area contributed by atoms with Gasteiger partial charge in [-0.25, -0.2) is 9.97 Å². The zero-order valence-corrected chi connectivity index (χ0v) is 20.2. The molecule has 0 atom stereocenters. The van der Waals surface area contributed by atoms with Crippen molar-refractivity contribution < 1.29 is 0 Å². The van der Waals surface area contributed by atoms with Gasteiger partial charge in [0.1, 0.15) is 5.82 Å². The van der Waals surface area contributed by atoms with Gasteiger partial charge in [0, 0.05) is 25.2 Å². The van der Waals surface area contributed by atoms with Gasteiger partial charge in [-0.15, -0.1) is 0 Å². The minimum atomic E-state index is -0.162. The van der Waals surface area contributed by atoms with Crippen molar-refractivity contribution in [2.75, 3.05) is 6.54 Å². The van der Waals surface area contributed by atoms with Crippen molar-refractivity contribution in [3.8, 4) is 0 Å². The maximum atomic E-state index is 13.4. The van der Waals surface area contributed by atoms with Gasteiger partial charge in [-0.3, -0.25) is 19.1 Å². The van der Waals surface area contributed by atoms with Crippen molar-refractivity contribution >= 4 is 33.6 Å². The van der Waals surface area contributed by atoms with Gasteiger partial charge in [-0.2, -0.15) is 0 Å². The van der Waals surface area contributed by atoms with Gasteiger partial charge in [0.2, 0.25) is 0 Å². The maximum absolute atomic E-state index is 13.4. The summed E-state index contributed by atoms with van der Waals surface area (Å²) in [4.78, 5) is 40.4. The molecule has 0 unspecified atom stereocenters. The number of para-hydroxylation sites is 2. The summed E-state index contributed by atoms with van der Waals surface area (Å²) in [7, 11) is 0. The van der Waals surface area contributed by atoms with Crippen LogP contribution in [0.2, 0.25) is 0 Å². The molecule has 4 rings (SSSR count). The lowest BCUT2D eigenvalue weighted by atomic mass is 10.2. The lowest BCUT2D eigenvalue weighted by Gasteiger charge is -2.30. The molecule has 0 amide bonds. The number of hydrogen-bond acceptors (Lipinski definition) is 6. The first kappa shape index (κ1) is 23.2. The first-order valence-electron chi connectivity index (χ1n) is 11.2. The predicted molar refractivity (Wildman–Crippen MR) is 135 cm³/mol. The van der Waals surface area contributed by atoms with E-state index in [1.165, 1.54) is 11.8 Å². The number of thioether (sulfide) groups is 1. The minimum absolute atomic E-state index is 0.0458. The molecule has 2 aromatic carbocycles. The number of rotatable bonds is 8. The largest absolute Gasteiger partial charge is 0.309 e. The van der Waals surface area contributed by atoms with E-state index in [2.05, 4.69) is 42.6 Å². The van der Waals surface area contributed by atoms with Crippen LogP contribution < -0.4 is 11.1 Å². The van der Waals surface area contributed by atoms with Gasteiger partial charge in [0.25, 0.3) is 11.1 Å². The monoisotopic (exact) mass is 463 g/mol. The summed E-state index contributed by atoms with van der Waals surface area (Å²) >= 11 is 1.42. The average molecular weight is 464 g/mol. The normalized spacial score (nSPS) is 12.0. The first-order chi connectivity index (χ1) is 15.8. The third-order valence-corrected chi connectivity index (χ3v) is 6.72. The van der Waals surface area contributed by atoms with E-state index in [1.807, 2.05) is 42.5 Å². The molecule has 4 aromatic rings. The average Bonchev–Trinajstić information content (AvgIpc) is 2.79. The van der Waals surface area contributed by atoms with Crippen LogP contribution in [0.1, 0.15) is 33.5 Å². The van der Waals surface area contributed by atoms with E-state index in [0.29, 0.717) is 57.2 Å². The van der Waals surface area contributed by atoms with E-state index >= 15 is 0 Å². The van der Waals surface area contributed by atoms with Crippen LogP contribution in [0, 0.1) is 0 Å². The zero-order valence-electron chi connectivity index (χ0n) is 19.4. The van der Waals surface area contributed by atoms with Crippen molar-refractivity contribution in [2.45, 2.75) is 57.2 Å². The van der Waals surface area contributed by atoms with Gasteiger partial charge >= 0.3 is 0 Å². The molecule has 0 bridgehead atoms. The van der Waals surface area contributed by atoms with Crippen LogP contribution in [0.15, 0.2) is 63.3 Å². The molecule has 0 aliphatic carbocycles. The molecule has 1 N–H and O–H groups in total. The van der Waals surface area contributed by atoms with Gasteiger partial charge in [-0.1, -0.05) is 36.0 Å². The molecule has 0 saturated heterocycles. The fraction of sp³-hybridized carbons (Fsp3) is 0.360. The summed E-state index contributed by atoms with van der Waals surface area (Å²) in [5, 5.41) is 1.80. The maximum Gasteiger partial charge on any atom is 0.262 e. The summed E-state index contributed by atoms with van der Waals surface area (Å²) in [6.45, 7) is 9.94. The topological polar surface area (TPSA) is 83.9 Å². The van der Waals surface area contributed by atoms with Gasteiger partial charge in [0.15, 0.2) is 5.16 Å². The molecule has 2 aromatic heterocycles. The molecule has 0 saturated carbocycles. The molecular weight excluding hydrogens is 434 g/mol. The molecule has 0 radical (unpaired) electrons. The van der Waals surface area contributed by atoms with Crippen molar-refractivity contribution in [3.05, 3.63) is 75.1 Å². The highest BCUT2D eigenvalue weighted by molar-refractivity contribution is 7.98. The second kappa shape index (κ2) is 9.89. The van der Waals surface area contributed by atoms with Crippen LogP contribution >= 0.6 is 11.8 Å². The van der Waals surface area contributed by atoms with E-state index in [-0.39, 0.29) is 11.1 Å². The summed E-state index contributed by atoms with van der Waals surface area (Å²) in [5.41, 5.74) is 1.12. The SMILES string of the molecule is CC(C)N(CCn1c(SCc2nc3ccccc3c(=O)[nH]2)nc2ccccc2c1=O)C(C)C. The summed E-state index contributed by atoms with van der Waals surface area (Å²) in [5.74, 6) is 0.965. The highest BCUT2D eigenvalue weighted by Gasteiger charge is 2.17. The molecule has 7 nitrogen and oxygen atoms in total. The van der Waals surface area contributed by atoms with Crippen LogP contribution in [-0.2, 0) is 12.3 Å². The third-order valence-electron chi connectivity index (χ3n) is 5.73. The Labute approximate surface area is 196 Å².